The fourth-order valence-electron chi connectivity index (χ4n) is 3.56. The number of benzene rings is 2. The highest BCUT2D eigenvalue weighted by Crippen LogP contribution is 2.42. The lowest BCUT2D eigenvalue weighted by Crippen LogP contribution is -2.53. The van der Waals surface area contributed by atoms with Crippen molar-refractivity contribution in [2.75, 3.05) is 4.90 Å². The van der Waals surface area contributed by atoms with E-state index in [1.54, 1.807) is 4.58 Å². The molecule has 142 valence electrons. The Bertz CT molecular complexity index is 1060. The van der Waals surface area contributed by atoms with E-state index in [1.807, 2.05) is 45.0 Å². The van der Waals surface area contributed by atoms with Crippen LogP contribution in [0.2, 0.25) is 0 Å². The van der Waals surface area contributed by atoms with Gasteiger partial charge in [-0.3, -0.25) is 0 Å². The number of amides is 3. The van der Waals surface area contributed by atoms with E-state index in [9.17, 15) is 14.0 Å². The van der Waals surface area contributed by atoms with E-state index in [2.05, 4.69) is 0 Å². The van der Waals surface area contributed by atoms with E-state index in [4.69, 9.17) is 0 Å². The molecule has 0 saturated carbocycles. The first kappa shape index (κ1) is 18.6. The zero-order valence-corrected chi connectivity index (χ0v) is 16.7. The Morgan fingerprint density at radius 3 is 2.39 bits per heavy atom. The van der Waals surface area contributed by atoms with Crippen LogP contribution in [0.1, 0.15) is 25.0 Å². The number of imide groups is 1. The molecule has 0 N–H and O–H groups in total. The molecule has 3 amide bonds. The molecule has 2 heterocycles. The summed E-state index contributed by atoms with van der Waals surface area (Å²) < 4.78 is 15.1. The monoisotopic (exact) mass is 395 g/mol. The van der Waals surface area contributed by atoms with Crippen LogP contribution in [0.3, 0.4) is 0 Å². The third-order valence-corrected chi connectivity index (χ3v) is 6.62. The zero-order valence-electron chi connectivity index (χ0n) is 15.9. The lowest BCUT2D eigenvalue weighted by molar-refractivity contribution is -0.443. The maximum atomic E-state index is 13.4. The van der Waals surface area contributed by atoms with Crippen molar-refractivity contribution >= 4 is 34.4 Å². The fraction of sp³-hybridized carbons (Fsp3) is 0.227. The SMILES string of the molecule is CC1=C(C)C2C(=O)N(c3ccc(F)cc3)C(=O)[N+](Cc3ccccc3C)=C2S1. The third-order valence-electron chi connectivity index (χ3n) is 5.32. The van der Waals surface area contributed by atoms with Crippen molar-refractivity contribution in [2.24, 2.45) is 5.92 Å². The van der Waals surface area contributed by atoms with Crippen LogP contribution >= 0.6 is 11.8 Å². The van der Waals surface area contributed by atoms with Crippen LogP contribution in [0.25, 0.3) is 0 Å². The second-order valence-corrected chi connectivity index (χ2v) is 8.29. The van der Waals surface area contributed by atoms with E-state index in [0.717, 1.165) is 26.6 Å². The molecule has 0 aliphatic carbocycles. The molecule has 4 nitrogen and oxygen atoms in total. The first-order valence-electron chi connectivity index (χ1n) is 9.06. The number of allylic oxidation sites excluding steroid dienone is 1. The number of urea groups is 1. The third kappa shape index (κ3) is 2.98. The van der Waals surface area contributed by atoms with Gasteiger partial charge in [0.15, 0.2) is 11.0 Å². The molecule has 1 atom stereocenters. The first-order valence-corrected chi connectivity index (χ1v) is 9.87. The average molecular weight is 395 g/mol. The number of carbonyl (C=O) groups is 2. The molecule has 6 heteroatoms. The summed E-state index contributed by atoms with van der Waals surface area (Å²) in [5.41, 5.74) is 3.45. The van der Waals surface area contributed by atoms with E-state index < -0.39 is 17.8 Å². The molecular formula is C22H20FN2O2S+. The maximum absolute atomic E-state index is 13.4. The average Bonchev–Trinajstić information content (AvgIpc) is 2.97. The Labute approximate surface area is 167 Å². The summed E-state index contributed by atoms with van der Waals surface area (Å²) in [6.45, 7) is 6.29. The molecule has 2 aliphatic rings. The Morgan fingerprint density at radius 1 is 1.04 bits per heavy atom. The number of halogens is 1. The summed E-state index contributed by atoms with van der Waals surface area (Å²) in [4.78, 5) is 28.8. The smallest absolute Gasteiger partial charge is 0.245 e. The molecule has 2 aromatic rings. The van der Waals surface area contributed by atoms with E-state index in [-0.39, 0.29) is 5.91 Å². The van der Waals surface area contributed by atoms with Crippen LogP contribution in [0.5, 0.6) is 0 Å². The van der Waals surface area contributed by atoms with Crippen LogP contribution in [0.15, 0.2) is 59.0 Å². The number of aryl methyl sites for hydroxylation is 1. The molecule has 0 bridgehead atoms. The minimum Gasteiger partial charge on any atom is -0.245 e. The van der Waals surface area contributed by atoms with Gasteiger partial charge in [0.2, 0.25) is 0 Å². The van der Waals surface area contributed by atoms with Crippen molar-refractivity contribution in [3.63, 3.8) is 0 Å². The summed E-state index contributed by atoms with van der Waals surface area (Å²) >= 11 is 1.49. The number of carbonyl (C=O) groups excluding carboxylic acids is 2. The van der Waals surface area contributed by atoms with Gasteiger partial charge in [-0.25, -0.2) is 9.18 Å². The van der Waals surface area contributed by atoms with Crippen LogP contribution in [-0.2, 0) is 11.3 Å². The summed E-state index contributed by atoms with van der Waals surface area (Å²) in [7, 11) is 0. The molecule has 0 aromatic heterocycles. The van der Waals surface area contributed by atoms with Gasteiger partial charge >= 0.3 is 11.9 Å². The summed E-state index contributed by atoms with van der Waals surface area (Å²) in [5.74, 6) is -1.17. The van der Waals surface area contributed by atoms with Gasteiger partial charge in [0.05, 0.1) is 0 Å². The minimum atomic E-state index is -0.475. The number of hydrogen-bond acceptors (Lipinski definition) is 3. The first-order chi connectivity index (χ1) is 13.4. The van der Waals surface area contributed by atoms with Crippen LogP contribution in [-0.4, -0.2) is 21.6 Å². The predicted molar refractivity (Wildman–Crippen MR) is 109 cm³/mol. The largest absolute Gasteiger partial charge is 0.506 e. The van der Waals surface area contributed by atoms with Gasteiger partial charge in [-0.15, -0.1) is 4.90 Å². The van der Waals surface area contributed by atoms with Crippen LogP contribution < -0.4 is 4.90 Å². The van der Waals surface area contributed by atoms with Gasteiger partial charge in [-0.2, -0.15) is 9.37 Å². The summed E-state index contributed by atoms with van der Waals surface area (Å²) in [6.07, 6.45) is 0. The lowest BCUT2D eigenvalue weighted by atomic mass is 9.97. The van der Waals surface area contributed by atoms with E-state index in [1.165, 1.54) is 40.9 Å². The number of anilines is 1. The number of nitrogens with zero attached hydrogens (tertiary/aromatic N) is 2. The standard InChI is InChI=1S/C22H20FN2O2S/c1-13-6-4-5-7-16(13)12-24-21-19(14(2)15(3)28-21)20(26)25(22(24)27)18-10-8-17(23)9-11-18/h4-11,19H,12H2,1-3H3/q+1. The second-order valence-electron chi connectivity index (χ2n) is 7.06. The molecule has 0 fully saturated rings. The molecule has 28 heavy (non-hydrogen) atoms. The quantitative estimate of drug-likeness (QED) is 0.696. The normalized spacial score (nSPS) is 19.6. The van der Waals surface area contributed by atoms with Crippen molar-refractivity contribution in [2.45, 2.75) is 27.3 Å². The van der Waals surface area contributed by atoms with Gasteiger partial charge in [-0.1, -0.05) is 36.0 Å². The topological polar surface area (TPSA) is 40.4 Å². The van der Waals surface area contributed by atoms with Crippen molar-refractivity contribution in [3.05, 3.63) is 76.0 Å². The Morgan fingerprint density at radius 2 is 1.71 bits per heavy atom. The van der Waals surface area contributed by atoms with Gasteiger partial charge in [-0.05, 0) is 66.6 Å². The molecular weight excluding hydrogens is 375 g/mol. The minimum absolute atomic E-state index is 0.283. The van der Waals surface area contributed by atoms with E-state index >= 15 is 0 Å². The highest BCUT2D eigenvalue weighted by atomic mass is 32.2. The van der Waals surface area contributed by atoms with Gasteiger partial charge in [0.1, 0.15) is 18.0 Å². The zero-order chi connectivity index (χ0) is 20.0. The van der Waals surface area contributed by atoms with E-state index in [0.29, 0.717) is 12.2 Å². The molecule has 2 aromatic carbocycles. The molecule has 1 unspecified atom stereocenters. The van der Waals surface area contributed by atoms with Crippen molar-refractivity contribution in [1.29, 1.82) is 0 Å². The summed E-state index contributed by atoms with van der Waals surface area (Å²) in [5, 5.41) is 0.756. The highest BCUT2D eigenvalue weighted by Gasteiger charge is 2.52. The van der Waals surface area contributed by atoms with Gasteiger partial charge < -0.3 is 0 Å². The fourth-order valence-corrected chi connectivity index (χ4v) is 4.80. The molecule has 0 saturated heterocycles. The van der Waals surface area contributed by atoms with Crippen LogP contribution in [0, 0.1) is 18.7 Å². The highest BCUT2D eigenvalue weighted by molar-refractivity contribution is 8.17. The van der Waals surface area contributed by atoms with Crippen LogP contribution in [0.4, 0.5) is 14.9 Å². The molecule has 0 spiro atoms. The Kier molecular flexibility index (Phi) is 4.67. The molecule has 0 radical (unpaired) electrons. The predicted octanol–water partition coefficient (Wildman–Crippen LogP) is 4.87. The van der Waals surface area contributed by atoms with Crippen molar-refractivity contribution in [1.82, 2.24) is 0 Å². The lowest BCUT2D eigenvalue weighted by Gasteiger charge is -2.25. The van der Waals surface area contributed by atoms with Crippen molar-refractivity contribution < 1.29 is 18.6 Å². The number of fused-ring (bicyclic) bond motifs is 1. The van der Waals surface area contributed by atoms with Crippen molar-refractivity contribution in [3.8, 4) is 0 Å². The maximum Gasteiger partial charge on any atom is 0.506 e. The Hall–Kier alpha value is -2.73. The molecule has 2 aliphatic heterocycles. The molecule has 4 rings (SSSR count). The number of rotatable bonds is 3. The second kappa shape index (κ2) is 7.02. The van der Waals surface area contributed by atoms with Gasteiger partial charge in [0.25, 0.3) is 0 Å². The Balaban J connectivity index is 1.84. The number of hydrogen-bond donors (Lipinski definition) is 0. The van der Waals surface area contributed by atoms with Gasteiger partial charge in [0, 0.05) is 0 Å². The summed E-state index contributed by atoms with van der Waals surface area (Å²) in [6, 6.07) is 13.0. The number of thioether (sulfide) groups is 1.